The summed E-state index contributed by atoms with van der Waals surface area (Å²) in [4.78, 5) is 0. The summed E-state index contributed by atoms with van der Waals surface area (Å²) >= 11 is 1.66. The standard InChI is InChI=1S/C13H23N3S/c1-10(2)8-11-6-4-5-7-13-12(9-11)14-15-16(13)17-3/h10-11H,4-9H2,1-3H3. The molecule has 0 saturated heterocycles. The minimum Gasteiger partial charge on any atom is -0.191 e. The lowest BCUT2D eigenvalue weighted by atomic mass is 9.86. The topological polar surface area (TPSA) is 30.7 Å². The number of nitrogens with zero attached hydrogens (tertiary/aromatic N) is 3. The maximum Gasteiger partial charge on any atom is 0.0873 e. The fourth-order valence-electron chi connectivity index (χ4n) is 2.83. The number of rotatable bonds is 3. The molecule has 0 bridgehead atoms. The van der Waals surface area contributed by atoms with E-state index in [1.807, 2.05) is 4.09 Å². The molecule has 0 aromatic carbocycles. The molecule has 0 aliphatic heterocycles. The SMILES string of the molecule is CSn1nnc2c1CCCCC(CC(C)C)C2. The highest BCUT2D eigenvalue weighted by molar-refractivity contribution is 7.97. The molecule has 0 spiro atoms. The van der Waals surface area contributed by atoms with E-state index >= 15 is 0 Å². The van der Waals surface area contributed by atoms with E-state index in [0.29, 0.717) is 0 Å². The van der Waals surface area contributed by atoms with Gasteiger partial charge in [-0.1, -0.05) is 31.9 Å². The fourth-order valence-corrected chi connectivity index (χ4v) is 3.36. The van der Waals surface area contributed by atoms with Crippen molar-refractivity contribution in [3.05, 3.63) is 11.4 Å². The zero-order chi connectivity index (χ0) is 12.3. The van der Waals surface area contributed by atoms with Crippen molar-refractivity contribution in [3.8, 4) is 0 Å². The van der Waals surface area contributed by atoms with Gasteiger partial charge in [0.15, 0.2) is 0 Å². The molecule has 3 nitrogen and oxygen atoms in total. The molecule has 0 saturated carbocycles. The van der Waals surface area contributed by atoms with Crippen LogP contribution in [-0.2, 0) is 12.8 Å². The van der Waals surface area contributed by atoms with E-state index in [0.717, 1.165) is 24.7 Å². The molecule has 0 radical (unpaired) electrons. The van der Waals surface area contributed by atoms with Crippen molar-refractivity contribution < 1.29 is 0 Å². The quantitative estimate of drug-likeness (QED) is 0.828. The van der Waals surface area contributed by atoms with Crippen molar-refractivity contribution in [2.75, 3.05) is 6.26 Å². The average molecular weight is 253 g/mol. The number of aromatic nitrogens is 3. The molecule has 1 aromatic rings. The second-order valence-corrected chi connectivity index (χ2v) is 6.19. The molecule has 1 unspecified atom stereocenters. The Hall–Kier alpha value is -0.510. The lowest BCUT2D eigenvalue weighted by Crippen LogP contribution is -2.13. The fraction of sp³-hybridized carbons (Fsp3) is 0.846. The Labute approximate surface area is 108 Å². The molecule has 1 aromatic heterocycles. The molecule has 1 atom stereocenters. The first-order valence-corrected chi connectivity index (χ1v) is 7.86. The zero-order valence-electron chi connectivity index (χ0n) is 11.1. The molecule has 0 N–H and O–H groups in total. The predicted octanol–water partition coefficient (Wildman–Crippen LogP) is 3.34. The highest BCUT2D eigenvalue weighted by Crippen LogP contribution is 2.27. The Morgan fingerprint density at radius 3 is 2.94 bits per heavy atom. The summed E-state index contributed by atoms with van der Waals surface area (Å²) in [5.41, 5.74) is 2.62. The van der Waals surface area contributed by atoms with Crippen molar-refractivity contribution in [2.24, 2.45) is 11.8 Å². The molecular weight excluding hydrogens is 230 g/mol. The second kappa shape index (κ2) is 5.89. The van der Waals surface area contributed by atoms with E-state index < -0.39 is 0 Å². The van der Waals surface area contributed by atoms with Crippen molar-refractivity contribution in [1.29, 1.82) is 0 Å². The van der Waals surface area contributed by atoms with Crippen molar-refractivity contribution in [2.45, 2.75) is 52.4 Å². The summed E-state index contributed by atoms with van der Waals surface area (Å²) < 4.78 is 2.01. The van der Waals surface area contributed by atoms with Crippen LogP contribution in [0.5, 0.6) is 0 Å². The first-order chi connectivity index (χ1) is 8.20. The third-order valence-electron chi connectivity index (χ3n) is 3.55. The van der Waals surface area contributed by atoms with Crippen molar-refractivity contribution in [3.63, 3.8) is 0 Å². The van der Waals surface area contributed by atoms with Gasteiger partial charge in [0.25, 0.3) is 0 Å². The first-order valence-electron chi connectivity index (χ1n) is 6.68. The third-order valence-corrected chi connectivity index (χ3v) is 4.19. The van der Waals surface area contributed by atoms with Crippen LogP contribution in [0.4, 0.5) is 0 Å². The zero-order valence-corrected chi connectivity index (χ0v) is 12.0. The minimum atomic E-state index is 0.790. The van der Waals surface area contributed by atoms with E-state index in [4.69, 9.17) is 0 Å². The first kappa shape index (κ1) is 12.9. The largest absolute Gasteiger partial charge is 0.191 e. The molecule has 1 heterocycles. The van der Waals surface area contributed by atoms with Gasteiger partial charge in [-0.2, -0.15) is 4.09 Å². The molecule has 17 heavy (non-hydrogen) atoms. The highest BCUT2D eigenvalue weighted by Gasteiger charge is 2.20. The second-order valence-electron chi connectivity index (χ2n) is 5.48. The minimum absolute atomic E-state index is 0.790. The van der Waals surface area contributed by atoms with Gasteiger partial charge in [-0.15, -0.1) is 5.10 Å². The average Bonchev–Trinajstić information content (AvgIpc) is 2.61. The summed E-state index contributed by atoms with van der Waals surface area (Å²) in [5, 5.41) is 8.62. The molecule has 0 amide bonds. The third kappa shape index (κ3) is 3.24. The van der Waals surface area contributed by atoms with Gasteiger partial charge in [-0.05, 0) is 49.5 Å². The lowest BCUT2D eigenvalue weighted by molar-refractivity contribution is 0.362. The monoisotopic (exact) mass is 253 g/mol. The Balaban J connectivity index is 2.14. The Kier molecular flexibility index (Phi) is 4.48. The predicted molar refractivity (Wildman–Crippen MR) is 73.1 cm³/mol. The van der Waals surface area contributed by atoms with Crippen molar-refractivity contribution in [1.82, 2.24) is 14.4 Å². The van der Waals surface area contributed by atoms with E-state index in [1.165, 1.54) is 37.1 Å². The molecule has 2 rings (SSSR count). The highest BCUT2D eigenvalue weighted by atomic mass is 32.2. The van der Waals surface area contributed by atoms with Crippen LogP contribution >= 0.6 is 11.9 Å². The van der Waals surface area contributed by atoms with Crippen LogP contribution in [-0.4, -0.2) is 20.7 Å². The van der Waals surface area contributed by atoms with Gasteiger partial charge >= 0.3 is 0 Å². The Morgan fingerprint density at radius 1 is 1.41 bits per heavy atom. The number of hydrogen-bond acceptors (Lipinski definition) is 3. The number of hydrogen-bond donors (Lipinski definition) is 0. The van der Waals surface area contributed by atoms with Crippen LogP contribution in [0.1, 0.15) is 50.9 Å². The summed E-state index contributed by atoms with van der Waals surface area (Å²) in [6, 6.07) is 0. The van der Waals surface area contributed by atoms with Crippen LogP contribution in [0.25, 0.3) is 0 Å². The smallest absolute Gasteiger partial charge is 0.0873 e. The van der Waals surface area contributed by atoms with Gasteiger partial charge in [0.1, 0.15) is 0 Å². The van der Waals surface area contributed by atoms with Gasteiger partial charge in [0.2, 0.25) is 0 Å². The van der Waals surface area contributed by atoms with Crippen LogP contribution in [0.2, 0.25) is 0 Å². The van der Waals surface area contributed by atoms with E-state index in [2.05, 4.69) is 30.4 Å². The normalized spacial score (nSPS) is 21.1. The Morgan fingerprint density at radius 2 is 2.24 bits per heavy atom. The Bertz CT molecular complexity index is 360. The van der Waals surface area contributed by atoms with E-state index in [9.17, 15) is 0 Å². The molecule has 4 heteroatoms. The maximum absolute atomic E-state index is 4.38. The van der Waals surface area contributed by atoms with Crippen molar-refractivity contribution >= 4 is 11.9 Å². The van der Waals surface area contributed by atoms with Gasteiger partial charge in [-0.25, -0.2) is 0 Å². The van der Waals surface area contributed by atoms with Crippen LogP contribution in [0.15, 0.2) is 0 Å². The van der Waals surface area contributed by atoms with Crippen LogP contribution in [0, 0.1) is 11.8 Å². The van der Waals surface area contributed by atoms with E-state index in [-0.39, 0.29) is 0 Å². The summed E-state index contributed by atoms with van der Waals surface area (Å²) in [6.45, 7) is 4.64. The van der Waals surface area contributed by atoms with Crippen LogP contribution < -0.4 is 0 Å². The van der Waals surface area contributed by atoms with Gasteiger partial charge in [-0.3, -0.25) is 0 Å². The number of fused-ring (bicyclic) bond motifs is 1. The molecule has 1 aliphatic rings. The molecule has 96 valence electrons. The lowest BCUT2D eigenvalue weighted by Gasteiger charge is -2.20. The van der Waals surface area contributed by atoms with Gasteiger partial charge < -0.3 is 0 Å². The summed E-state index contributed by atoms with van der Waals surface area (Å²) in [6.07, 6.45) is 9.69. The maximum atomic E-state index is 4.38. The summed E-state index contributed by atoms with van der Waals surface area (Å²) in [7, 11) is 0. The van der Waals surface area contributed by atoms with E-state index in [1.54, 1.807) is 11.9 Å². The molecule has 1 aliphatic carbocycles. The molecular formula is C13H23N3S. The summed E-state index contributed by atoms with van der Waals surface area (Å²) in [5.74, 6) is 1.60. The molecule has 0 fully saturated rings. The van der Waals surface area contributed by atoms with Crippen LogP contribution in [0.3, 0.4) is 0 Å². The van der Waals surface area contributed by atoms with Gasteiger partial charge in [0.05, 0.1) is 11.4 Å². The van der Waals surface area contributed by atoms with Gasteiger partial charge in [0, 0.05) is 6.26 Å².